The molecule has 1 saturated heterocycles. The van der Waals surface area contributed by atoms with E-state index in [1.165, 1.54) is 12.8 Å². The molecule has 8 heteroatoms. The first-order chi connectivity index (χ1) is 17.5. The SMILES string of the molecule is C1CCOC1.Cc1cccc2c(-c3ccc(Nc4cccc(CN(C)C)n4)c4c3CNC4=O)cnn12. The van der Waals surface area contributed by atoms with Crippen molar-refractivity contribution in [2.45, 2.75) is 32.9 Å². The van der Waals surface area contributed by atoms with Crippen LogP contribution >= 0.6 is 0 Å². The molecule has 4 aromatic rings. The fourth-order valence-electron chi connectivity index (χ4n) is 4.67. The lowest BCUT2D eigenvalue weighted by atomic mass is 9.96. The van der Waals surface area contributed by atoms with E-state index in [4.69, 9.17) is 4.74 Å². The minimum atomic E-state index is -0.0727. The first-order valence-corrected chi connectivity index (χ1v) is 12.3. The van der Waals surface area contributed by atoms with Gasteiger partial charge in [-0.25, -0.2) is 9.50 Å². The molecule has 186 valence electrons. The number of rotatable bonds is 5. The molecule has 0 bridgehead atoms. The van der Waals surface area contributed by atoms with Crippen molar-refractivity contribution < 1.29 is 9.53 Å². The van der Waals surface area contributed by atoms with Crippen molar-refractivity contribution in [3.8, 4) is 11.1 Å². The first kappa shape index (κ1) is 24.0. The Kier molecular flexibility index (Phi) is 6.97. The van der Waals surface area contributed by atoms with E-state index in [0.717, 1.165) is 64.9 Å². The molecule has 0 aliphatic carbocycles. The average Bonchev–Trinajstić information content (AvgIpc) is 3.62. The fraction of sp³-hybridized carbons (Fsp3) is 0.321. The quantitative estimate of drug-likeness (QED) is 0.432. The van der Waals surface area contributed by atoms with Crippen molar-refractivity contribution >= 4 is 22.9 Å². The molecule has 1 amide bonds. The average molecular weight is 485 g/mol. The summed E-state index contributed by atoms with van der Waals surface area (Å²) in [6, 6.07) is 16.0. The van der Waals surface area contributed by atoms with E-state index in [1.807, 2.05) is 68.1 Å². The maximum atomic E-state index is 12.7. The van der Waals surface area contributed by atoms with Gasteiger partial charge in [0.15, 0.2) is 0 Å². The number of benzene rings is 1. The molecule has 2 aliphatic rings. The third kappa shape index (κ3) is 4.96. The summed E-state index contributed by atoms with van der Waals surface area (Å²) in [5, 5.41) is 10.9. The number of nitrogens with one attached hydrogen (secondary N) is 2. The fourth-order valence-corrected chi connectivity index (χ4v) is 4.67. The predicted octanol–water partition coefficient (Wildman–Crippen LogP) is 4.55. The highest BCUT2D eigenvalue weighted by Gasteiger charge is 2.27. The second kappa shape index (κ2) is 10.5. The Balaban J connectivity index is 0.000000477. The first-order valence-electron chi connectivity index (χ1n) is 12.3. The van der Waals surface area contributed by atoms with Gasteiger partial charge in [-0.1, -0.05) is 18.2 Å². The molecule has 2 N–H and O–H groups in total. The van der Waals surface area contributed by atoms with Crippen molar-refractivity contribution in [1.82, 2.24) is 24.8 Å². The van der Waals surface area contributed by atoms with Gasteiger partial charge < -0.3 is 20.3 Å². The Morgan fingerprint density at radius 1 is 1.06 bits per heavy atom. The van der Waals surface area contributed by atoms with E-state index in [0.29, 0.717) is 12.1 Å². The summed E-state index contributed by atoms with van der Waals surface area (Å²) in [7, 11) is 4.03. The zero-order valence-electron chi connectivity index (χ0n) is 21.0. The van der Waals surface area contributed by atoms with Crippen LogP contribution in [0.4, 0.5) is 11.5 Å². The van der Waals surface area contributed by atoms with E-state index in [9.17, 15) is 4.79 Å². The lowest BCUT2D eigenvalue weighted by Crippen LogP contribution is -2.14. The Bertz CT molecular complexity index is 1380. The summed E-state index contributed by atoms with van der Waals surface area (Å²) < 4.78 is 6.87. The van der Waals surface area contributed by atoms with E-state index in [1.54, 1.807) is 0 Å². The van der Waals surface area contributed by atoms with Crippen LogP contribution in [0.3, 0.4) is 0 Å². The molecule has 2 aliphatic heterocycles. The standard InChI is InChI=1S/C24H24N6O.C4H8O/c1-15-6-4-8-21-18(13-26-30(15)21)17-10-11-20(23-19(17)12-25-24(23)31)28-22-9-5-7-16(27-22)14-29(2)3;1-2-4-5-3-1/h4-11,13H,12,14H2,1-3H3,(H,25,31)(H,27,28);1-4H2. The Labute approximate surface area is 211 Å². The van der Waals surface area contributed by atoms with Crippen LogP contribution in [0.25, 0.3) is 16.6 Å². The molecular weight excluding hydrogens is 452 g/mol. The summed E-state index contributed by atoms with van der Waals surface area (Å²) in [5.41, 5.74) is 7.52. The van der Waals surface area contributed by atoms with Crippen LogP contribution in [0.1, 0.15) is 40.2 Å². The number of anilines is 2. The number of carbonyl (C=O) groups excluding carboxylic acids is 1. The molecule has 3 aromatic heterocycles. The Morgan fingerprint density at radius 2 is 1.86 bits per heavy atom. The number of pyridine rings is 2. The van der Waals surface area contributed by atoms with Gasteiger partial charge >= 0.3 is 0 Å². The lowest BCUT2D eigenvalue weighted by molar-refractivity contribution is 0.0966. The second-order valence-corrected chi connectivity index (χ2v) is 9.42. The van der Waals surface area contributed by atoms with Crippen molar-refractivity contribution in [3.63, 3.8) is 0 Å². The van der Waals surface area contributed by atoms with Crippen molar-refractivity contribution in [1.29, 1.82) is 0 Å². The maximum absolute atomic E-state index is 12.7. The van der Waals surface area contributed by atoms with Gasteiger partial charge in [0.2, 0.25) is 0 Å². The zero-order valence-corrected chi connectivity index (χ0v) is 21.0. The van der Waals surface area contributed by atoms with E-state index < -0.39 is 0 Å². The number of aromatic nitrogens is 3. The Hall–Kier alpha value is -3.75. The number of aryl methyl sites for hydroxylation is 1. The van der Waals surface area contributed by atoms with Gasteiger partial charge in [0, 0.05) is 37.6 Å². The van der Waals surface area contributed by atoms with Crippen molar-refractivity contribution in [3.05, 3.63) is 77.2 Å². The van der Waals surface area contributed by atoms with Crippen LogP contribution in [0.15, 0.2) is 54.7 Å². The highest BCUT2D eigenvalue weighted by molar-refractivity contribution is 6.06. The third-order valence-electron chi connectivity index (χ3n) is 6.36. The monoisotopic (exact) mass is 484 g/mol. The van der Waals surface area contributed by atoms with Gasteiger partial charge in [-0.2, -0.15) is 5.10 Å². The van der Waals surface area contributed by atoms with E-state index in [-0.39, 0.29) is 5.91 Å². The second-order valence-electron chi connectivity index (χ2n) is 9.42. The summed E-state index contributed by atoms with van der Waals surface area (Å²) >= 11 is 0. The topological polar surface area (TPSA) is 83.8 Å². The normalized spacial score (nSPS) is 14.5. The zero-order chi connectivity index (χ0) is 25.1. The van der Waals surface area contributed by atoms with Crippen LogP contribution in [0, 0.1) is 6.92 Å². The van der Waals surface area contributed by atoms with E-state index >= 15 is 0 Å². The smallest absolute Gasteiger partial charge is 0.254 e. The molecular formula is C28H32N6O2. The molecule has 0 atom stereocenters. The van der Waals surface area contributed by atoms with Gasteiger partial charge in [0.05, 0.1) is 28.7 Å². The number of carbonyl (C=O) groups is 1. The number of hydrogen-bond acceptors (Lipinski definition) is 6. The van der Waals surface area contributed by atoms with Gasteiger partial charge in [-0.05, 0) is 75.3 Å². The molecule has 6 rings (SSSR count). The number of hydrogen-bond donors (Lipinski definition) is 2. The summed E-state index contributed by atoms with van der Waals surface area (Å²) in [4.78, 5) is 19.5. The van der Waals surface area contributed by atoms with Crippen molar-refractivity contribution in [2.24, 2.45) is 0 Å². The third-order valence-corrected chi connectivity index (χ3v) is 6.36. The van der Waals surface area contributed by atoms with Crippen LogP contribution in [-0.4, -0.2) is 52.7 Å². The molecule has 0 radical (unpaired) electrons. The van der Waals surface area contributed by atoms with Crippen molar-refractivity contribution in [2.75, 3.05) is 32.6 Å². The highest BCUT2D eigenvalue weighted by Crippen LogP contribution is 2.36. The number of amides is 1. The van der Waals surface area contributed by atoms with E-state index in [2.05, 4.69) is 37.7 Å². The minimum absolute atomic E-state index is 0.0727. The number of nitrogens with zero attached hydrogens (tertiary/aromatic N) is 4. The molecule has 36 heavy (non-hydrogen) atoms. The van der Waals surface area contributed by atoms with Crippen LogP contribution in [-0.2, 0) is 17.8 Å². The minimum Gasteiger partial charge on any atom is -0.381 e. The molecule has 1 aromatic carbocycles. The number of fused-ring (bicyclic) bond motifs is 2. The number of ether oxygens (including phenoxy) is 1. The van der Waals surface area contributed by atoms with Crippen LogP contribution in [0.2, 0.25) is 0 Å². The van der Waals surface area contributed by atoms with Crippen LogP contribution in [0.5, 0.6) is 0 Å². The largest absolute Gasteiger partial charge is 0.381 e. The molecule has 0 unspecified atom stereocenters. The summed E-state index contributed by atoms with van der Waals surface area (Å²) in [6.45, 7) is 5.28. The molecule has 8 nitrogen and oxygen atoms in total. The molecule has 5 heterocycles. The van der Waals surface area contributed by atoms with Gasteiger partial charge in [0.25, 0.3) is 5.91 Å². The lowest BCUT2D eigenvalue weighted by Gasteiger charge is -2.14. The van der Waals surface area contributed by atoms with Gasteiger partial charge in [-0.15, -0.1) is 0 Å². The van der Waals surface area contributed by atoms with Gasteiger partial charge in [0.1, 0.15) is 5.82 Å². The molecule has 0 saturated carbocycles. The highest BCUT2D eigenvalue weighted by atomic mass is 16.5. The maximum Gasteiger partial charge on any atom is 0.254 e. The molecule has 0 spiro atoms. The summed E-state index contributed by atoms with van der Waals surface area (Å²) in [6.07, 6.45) is 4.43. The Morgan fingerprint density at radius 3 is 2.61 bits per heavy atom. The van der Waals surface area contributed by atoms with Crippen LogP contribution < -0.4 is 10.6 Å². The predicted molar refractivity (Wildman–Crippen MR) is 141 cm³/mol. The summed E-state index contributed by atoms with van der Waals surface area (Å²) in [5.74, 6) is 0.650. The molecule has 1 fully saturated rings. The van der Waals surface area contributed by atoms with Gasteiger partial charge in [-0.3, -0.25) is 4.79 Å².